The third-order valence-corrected chi connectivity index (χ3v) is 4.41. The standard InChI is InChI=1S/C16H18N2O2S/c1-18(16(19)8-13-10-21-11-17-13)9-15-14-5-3-2-4-12(14)6-7-20-15/h2-5,10-11,15H,6-9H2,1H3/t15-/m0/s1. The van der Waals surface area contributed by atoms with Crippen molar-refractivity contribution in [2.24, 2.45) is 0 Å². The molecule has 0 saturated heterocycles. The zero-order valence-corrected chi connectivity index (χ0v) is 12.8. The van der Waals surface area contributed by atoms with Gasteiger partial charge in [-0.05, 0) is 17.5 Å². The van der Waals surface area contributed by atoms with Crippen LogP contribution in [0.3, 0.4) is 0 Å². The van der Waals surface area contributed by atoms with Crippen LogP contribution in [0.4, 0.5) is 0 Å². The van der Waals surface area contributed by atoms with Crippen molar-refractivity contribution in [2.45, 2.75) is 18.9 Å². The number of likely N-dealkylation sites (N-methyl/N-ethyl adjacent to an activating group) is 1. The Morgan fingerprint density at radius 2 is 2.33 bits per heavy atom. The maximum Gasteiger partial charge on any atom is 0.228 e. The topological polar surface area (TPSA) is 42.4 Å². The number of hydrogen-bond donors (Lipinski definition) is 0. The summed E-state index contributed by atoms with van der Waals surface area (Å²) in [6.07, 6.45) is 1.27. The molecule has 1 aliphatic rings. The summed E-state index contributed by atoms with van der Waals surface area (Å²) in [5.41, 5.74) is 5.12. The summed E-state index contributed by atoms with van der Waals surface area (Å²) in [6, 6.07) is 8.32. The fourth-order valence-corrected chi connectivity index (χ4v) is 3.15. The first-order chi connectivity index (χ1) is 10.2. The smallest absolute Gasteiger partial charge is 0.228 e. The summed E-state index contributed by atoms with van der Waals surface area (Å²) in [5.74, 6) is 0.0764. The lowest BCUT2D eigenvalue weighted by molar-refractivity contribution is -0.131. The van der Waals surface area contributed by atoms with Crippen LogP contribution < -0.4 is 0 Å². The van der Waals surface area contributed by atoms with Crippen LogP contribution in [-0.2, 0) is 22.4 Å². The van der Waals surface area contributed by atoms with Crippen LogP contribution in [0.5, 0.6) is 0 Å². The molecule has 0 bridgehead atoms. The number of carbonyl (C=O) groups is 1. The van der Waals surface area contributed by atoms with Gasteiger partial charge in [-0.25, -0.2) is 4.98 Å². The summed E-state index contributed by atoms with van der Waals surface area (Å²) in [4.78, 5) is 18.1. The number of thiazole rings is 1. The minimum Gasteiger partial charge on any atom is -0.371 e. The van der Waals surface area contributed by atoms with Crippen molar-refractivity contribution in [1.29, 1.82) is 0 Å². The average Bonchev–Trinajstić information content (AvgIpc) is 3.00. The first-order valence-corrected chi connectivity index (χ1v) is 7.99. The number of fused-ring (bicyclic) bond motifs is 1. The van der Waals surface area contributed by atoms with E-state index in [1.165, 1.54) is 22.5 Å². The van der Waals surface area contributed by atoms with Gasteiger partial charge in [0.25, 0.3) is 0 Å². The van der Waals surface area contributed by atoms with Crippen molar-refractivity contribution in [3.05, 3.63) is 52.0 Å². The van der Waals surface area contributed by atoms with Crippen LogP contribution in [0.2, 0.25) is 0 Å². The summed E-state index contributed by atoms with van der Waals surface area (Å²) in [6.45, 7) is 1.30. The van der Waals surface area contributed by atoms with Gasteiger partial charge >= 0.3 is 0 Å². The predicted molar refractivity (Wildman–Crippen MR) is 82.3 cm³/mol. The Morgan fingerprint density at radius 3 is 3.14 bits per heavy atom. The maximum atomic E-state index is 12.2. The van der Waals surface area contributed by atoms with Crippen molar-refractivity contribution < 1.29 is 9.53 Å². The van der Waals surface area contributed by atoms with Gasteiger partial charge in [0, 0.05) is 12.4 Å². The molecular weight excluding hydrogens is 284 g/mol. The number of nitrogens with zero attached hydrogens (tertiary/aromatic N) is 2. The molecule has 0 saturated carbocycles. The molecule has 3 rings (SSSR count). The normalized spacial score (nSPS) is 17.3. The minimum atomic E-state index is -0.0284. The van der Waals surface area contributed by atoms with Crippen LogP contribution in [0.25, 0.3) is 0 Å². The van der Waals surface area contributed by atoms with Crippen LogP contribution in [0, 0.1) is 0 Å². The Labute approximate surface area is 128 Å². The van der Waals surface area contributed by atoms with Crippen LogP contribution in [-0.4, -0.2) is 36.0 Å². The lowest BCUT2D eigenvalue weighted by Gasteiger charge is -2.29. The third kappa shape index (κ3) is 3.31. The van der Waals surface area contributed by atoms with Gasteiger partial charge in [0.1, 0.15) is 6.10 Å². The zero-order valence-electron chi connectivity index (χ0n) is 12.0. The zero-order chi connectivity index (χ0) is 14.7. The average molecular weight is 302 g/mol. The number of carbonyl (C=O) groups excluding carboxylic acids is 1. The fraction of sp³-hybridized carbons (Fsp3) is 0.375. The molecule has 1 aromatic carbocycles. The van der Waals surface area contributed by atoms with Gasteiger partial charge in [-0.1, -0.05) is 24.3 Å². The summed E-state index contributed by atoms with van der Waals surface area (Å²) >= 11 is 1.51. The number of ether oxygens (including phenoxy) is 1. The quantitative estimate of drug-likeness (QED) is 0.871. The molecule has 0 fully saturated rings. The number of aromatic nitrogens is 1. The van der Waals surface area contributed by atoms with Crippen molar-refractivity contribution in [3.8, 4) is 0 Å². The van der Waals surface area contributed by atoms with E-state index < -0.39 is 0 Å². The summed E-state index contributed by atoms with van der Waals surface area (Å²) in [7, 11) is 1.83. The predicted octanol–water partition coefficient (Wildman–Crippen LogP) is 2.46. The number of hydrogen-bond acceptors (Lipinski definition) is 4. The van der Waals surface area contributed by atoms with E-state index in [1.54, 1.807) is 10.4 Å². The molecule has 4 nitrogen and oxygen atoms in total. The summed E-state index contributed by atoms with van der Waals surface area (Å²) < 4.78 is 5.85. The van der Waals surface area contributed by atoms with Gasteiger partial charge in [0.2, 0.25) is 5.91 Å². The second-order valence-corrected chi connectivity index (χ2v) is 5.96. The van der Waals surface area contributed by atoms with Crippen LogP contribution >= 0.6 is 11.3 Å². The molecule has 5 heteroatoms. The molecule has 21 heavy (non-hydrogen) atoms. The summed E-state index contributed by atoms with van der Waals surface area (Å²) in [5, 5.41) is 1.91. The molecule has 1 atom stereocenters. The molecule has 110 valence electrons. The van der Waals surface area contributed by atoms with Gasteiger partial charge in [-0.2, -0.15) is 0 Å². The van der Waals surface area contributed by atoms with Crippen molar-refractivity contribution in [2.75, 3.05) is 20.2 Å². The number of benzene rings is 1. The van der Waals surface area contributed by atoms with E-state index in [1.807, 2.05) is 18.5 Å². The molecule has 2 heterocycles. The Morgan fingerprint density at radius 1 is 1.48 bits per heavy atom. The Bertz CT molecular complexity index is 612. The number of amides is 1. The van der Waals surface area contributed by atoms with Crippen molar-refractivity contribution >= 4 is 17.2 Å². The highest BCUT2D eigenvalue weighted by Gasteiger charge is 2.23. The van der Waals surface area contributed by atoms with Gasteiger partial charge in [-0.15, -0.1) is 11.3 Å². The van der Waals surface area contributed by atoms with Crippen molar-refractivity contribution in [3.63, 3.8) is 0 Å². The second kappa shape index (κ2) is 6.37. The highest BCUT2D eigenvalue weighted by atomic mass is 32.1. The Balaban J connectivity index is 1.65. The molecule has 0 spiro atoms. The first-order valence-electron chi connectivity index (χ1n) is 7.04. The van der Waals surface area contributed by atoms with Crippen LogP contribution in [0.1, 0.15) is 22.9 Å². The van der Waals surface area contributed by atoms with Crippen molar-refractivity contribution in [1.82, 2.24) is 9.88 Å². The van der Waals surface area contributed by atoms with E-state index in [4.69, 9.17) is 4.74 Å². The van der Waals surface area contributed by atoms with Gasteiger partial charge in [0.05, 0.1) is 30.8 Å². The number of rotatable bonds is 4. The fourth-order valence-electron chi connectivity index (χ4n) is 2.59. The first kappa shape index (κ1) is 14.2. The molecule has 1 aliphatic heterocycles. The van der Waals surface area contributed by atoms with Gasteiger partial charge < -0.3 is 9.64 Å². The minimum absolute atomic E-state index is 0.0284. The molecule has 2 aromatic rings. The maximum absolute atomic E-state index is 12.2. The molecule has 0 unspecified atom stereocenters. The molecule has 0 radical (unpaired) electrons. The van der Waals surface area contributed by atoms with E-state index in [0.29, 0.717) is 13.0 Å². The SMILES string of the molecule is CN(C[C@@H]1OCCc2ccccc21)C(=O)Cc1cscn1. The molecule has 0 N–H and O–H groups in total. The Kier molecular flexibility index (Phi) is 4.31. The third-order valence-electron chi connectivity index (χ3n) is 3.77. The Hall–Kier alpha value is -1.72. The van der Waals surface area contributed by atoms with E-state index in [2.05, 4.69) is 23.2 Å². The second-order valence-electron chi connectivity index (χ2n) is 5.24. The van der Waals surface area contributed by atoms with Gasteiger partial charge in [0.15, 0.2) is 0 Å². The molecule has 0 aliphatic carbocycles. The lowest BCUT2D eigenvalue weighted by Crippen LogP contribution is -2.34. The van der Waals surface area contributed by atoms with E-state index in [9.17, 15) is 4.79 Å². The lowest BCUT2D eigenvalue weighted by atomic mass is 9.97. The monoisotopic (exact) mass is 302 g/mol. The highest BCUT2D eigenvalue weighted by molar-refractivity contribution is 7.07. The van der Waals surface area contributed by atoms with E-state index >= 15 is 0 Å². The molecular formula is C16H18N2O2S. The largest absolute Gasteiger partial charge is 0.371 e. The van der Waals surface area contributed by atoms with Crippen LogP contribution in [0.15, 0.2) is 35.2 Å². The molecule has 1 aromatic heterocycles. The molecule has 1 amide bonds. The van der Waals surface area contributed by atoms with E-state index in [-0.39, 0.29) is 12.0 Å². The van der Waals surface area contributed by atoms with Gasteiger partial charge in [-0.3, -0.25) is 4.79 Å². The van der Waals surface area contributed by atoms with E-state index in [0.717, 1.165) is 18.7 Å². The highest BCUT2D eigenvalue weighted by Crippen LogP contribution is 2.27.